The third-order valence-electron chi connectivity index (χ3n) is 1.17. The minimum Gasteiger partial charge on any atom is -0.314 e. The lowest BCUT2D eigenvalue weighted by Gasteiger charge is -1.97. The van der Waals surface area contributed by atoms with Crippen molar-refractivity contribution in [3.63, 3.8) is 0 Å². The number of anilines is 1. The average molecular weight is 225 g/mol. The molecule has 66 valence electrons. The van der Waals surface area contributed by atoms with E-state index in [0.29, 0.717) is 15.7 Å². The number of hydrogen-bond acceptors (Lipinski definition) is 3. The van der Waals surface area contributed by atoms with Crippen molar-refractivity contribution in [2.45, 2.75) is 6.92 Å². The third-order valence-corrected chi connectivity index (χ3v) is 2.84. The number of nitrogens with one attached hydrogen (secondary N) is 1. The Hall–Kier alpha value is -0.320. The van der Waals surface area contributed by atoms with E-state index in [4.69, 9.17) is 23.2 Å². The van der Waals surface area contributed by atoms with Crippen molar-refractivity contribution < 1.29 is 4.79 Å². The van der Waals surface area contributed by atoms with Crippen LogP contribution in [0.4, 0.5) is 5.00 Å². The topological polar surface area (TPSA) is 42.0 Å². The number of nitrogens with zero attached hydrogens (tertiary/aromatic N) is 1. The van der Waals surface area contributed by atoms with Crippen molar-refractivity contribution in [2.24, 2.45) is 0 Å². The molecule has 0 aromatic carbocycles. The lowest BCUT2D eigenvalue weighted by Crippen LogP contribution is -2.11. The molecule has 0 atom stereocenters. The van der Waals surface area contributed by atoms with Gasteiger partial charge in [0.25, 0.3) is 0 Å². The van der Waals surface area contributed by atoms with Crippen LogP contribution in [0.5, 0.6) is 0 Å². The molecule has 0 aliphatic heterocycles. The third kappa shape index (κ3) is 2.09. The monoisotopic (exact) mass is 224 g/mol. The minimum atomic E-state index is -0.276. The second kappa shape index (κ2) is 4.07. The summed E-state index contributed by atoms with van der Waals surface area (Å²) in [7, 11) is 0. The molecule has 0 radical (unpaired) electrons. The summed E-state index contributed by atoms with van der Waals surface area (Å²) >= 11 is 12.2. The van der Waals surface area contributed by atoms with Crippen molar-refractivity contribution in [1.82, 2.24) is 4.37 Å². The molecular weight excluding hydrogens is 219 g/mol. The molecule has 0 saturated heterocycles. The van der Waals surface area contributed by atoms with E-state index in [1.807, 2.05) is 0 Å². The van der Waals surface area contributed by atoms with Gasteiger partial charge in [0.15, 0.2) is 0 Å². The van der Waals surface area contributed by atoms with Gasteiger partial charge in [0.2, 0.25) is 5.91 Å². The number of rotatable bonds is 2. The molecule has 0 aliphatic rings. The van der Waals surface area contributed by atoms with Gasteiger partial charge in [0, 0.05) is 0 Å². The van der Waals surface area contributed by atoms with Gasteiger partial charge in [-0.1, -0.05) is 11.6 Å². The Balaban J connectivity index is 2.76. The molecule has 0 spiro atoms. The quantitative estimate of drug-likeness (QED) is 0.784. The highest BCUT2D eigenvalue weighted by atomic mass is 35.5. The number of amides is 1. The molecule has 1 N–H and O–H groups in total. The Bertz CT molecular complexity index is 300. The first-order valence-electron chi connectivity index (χ1n) is 3.12. The molecule has 0 bridgehead atoms. The Morgan fingerprint density at radius 3 is 2.83 bits per heavy atom. The van der Waals surface area contributed by atoms with Gasteiger partial charge < -0.3 is 5.32 Å². The maximum Gasteiger partial charge on any atom is 0.239 e. The first-order chi connectivity index (χ1) is 5.65. The van der Waals surface area contributed by atoms with E-state index in [2.05, 4.69) is 9.69 Å². The molecule has 1 amide bonds. The number of carbonyl (C=O) groups excluding carboxylic acids is 1. The summed E-state index contributed by atoms with van der Waals surface area (Å²) in [6.07, 6.45) is 0. The van der Waals surface area contributed by atoms with Crippen LogP contribution in [0.15, 0.2) is 0 Å². The second-order valence-electron chi connectivity index (χ2n) is 2.09. The van der Waals surface area contributed by atoms with Crippen LogP contribution in [0.2, 0.25) is 5.02 Å². The van der Waals surface area contributed by atoms with Crippen LogP contribution >= 0.6 is 34.7 Å². The maximum atomic E-state index is 10.8. The van der Waals surface area contributed by atoms with Crippen molar-refractivity contribution >= 4 is 45.6 Å². The first-order valence-corrected chi connectivity index (χ1v) is 4.81. The normalized spacial score (nSPS) is 9.92. The zero-order valence-electron chi connectivity index (χ0n) is 6.23. The van der Waals surface area contributed by atoms with Gasteiger partial charge in [0.1, 0.15) is 10.9 Å². The van der Waals surface area contributed by atoms with E-state index in [0.717, 1.165) is 11.5 Å². The summed E-state index contributed by atoms with van der Waals surface area (Å²) in [5.41, 5.74) is 0.714. The van der Waals surface area contributed by atoms with E-state index >= 15 is 0 Å². The standard InChI is InChI=1S/C6H6Cl2N2OS/c1-3-5(8)6(12-10-3)9-4(11)2-7/h2H2,1H3,(H,9,11). The molecule has 1 heterocycles. The van der Waals surface area contributed by atoms with E-state index in [9.17, 15) is 4.79 Å². The van der Waals surface area contributed by atoms with Gasteiger partial charge in [-0.15, -0.1) is 11.6 Å². The van der Waals surface area contributed by atoms with Crippen LogP contribution in [0, 0.1) is 6.92 Å². The fourth-order valence-electron chi connectivity index (χ4n) is 0.596. The van der Waals surface area contributed by atoms with E-state index in [-0.39, 0.29) is 11.8 Å². The molecular formula is C6H6Cl2N2OS. The molecule has 12 heavy (non-hydrogen) atoms. The molecule has 1 aromatic rings. The Morgan fingerprint density at radius 2 is 2.42 bits per heavy atom. The molecule has 1 aromatic heterocycles. The highest BCUT2D eigenvalue weighted by molar-refractivity contribution is 7.11. The lowest BCUT2D eigenvalue weighted by molar-refractivity contribution is -0.113. The van der Waals surface area contributed by atoms with Gasteiger partial charge in [-0.25, -0.2) is 0 Å². The van der Waals surface area contributed by atoms with E-state index < -0.39 is 0 Å². The van der Waals surface area contributed by atoms with Crippen LogP contribution in [-0.4, -0.2) is 16.2 Å². The number of alkyl halides is 1. The summed E-state index contributed by atoms with van der Waals surface area (Å²) in [6, 6.07) is 0. The summed E-state index contributed by atoms with van der Waals surface area (Å²) < 4.78 is 3.96. The molecule has 0 unspecified atom stereocenters. The van der Waals surface area contributed by atoms with Gasteiger partial charge in [-0.05, 0) is 18.5 Å². The van der Waals surface area contributed by atoms with Crippen molar-refractivity contribution in [1.29, 1.82) is 0 Å². The van der Waals surface area contributed by atoms with Crippen LogP contribution < -0.4 is 5.32 Å². The molecule has 6 heteroatoms. The summed E-state index contributed by atoms with van der Waals surface area (Å²) in [6.45, 7) is 1.77. The van der Waals surface area contributed by atoms with Gasteiger partial charge in [-0.2, -0.15) is 4.37 Å². The largest absolute Gasteiger partial charge is 0.314 e. The summed E-state index contributed by atoms with van der Waals surface area (Å²) in [5, 5.41) is 3.57. The van der Waals surface area contributed by atoms with Crippen LogP contribution in [0.3, 0.4) is 0 Å². The van der Waals surface area contributed by atoms with Gasteiger partial charge in [-0.3, -0.25) is 4.79 Å². The Kier molecular flexibility index (Phi) is 3.31. The minimum absolute atomic E-state index is 0.0761. The molecule has 1 rings (SSSR count). The van der Waals surface area contributed by atoms with Gasteiger partial charge in [0.05, 0.1) is 10.7 Å². The van der Waals surface area contributed by atoms with Crippen molar-refractivity contribution in [3.8, 4) is 0 Å². The zero-order valence-corrected chi connectivity index (χ0v) is 8.56. The molecule has 0 fully saturated rings. The predicted octanol–water partition coefficient (Wildman–Crippen LogP) is 2.28. The lowest BCUT2D eigenvalue weighted by atomic mass is 10.5. The average Bonchev–Trinajstić information content (AvgIpc) is 2.36. The number of aromatic nitrogens is 1. The molecule has 0 aliphatic carbocycles. The Labute approximate surface area is 83.8 Å². The second-order valence-corrected chi connectivity index (χ2v) is 3.51. The summed E-state index contributed by atoms with van der Waals surface area (Å²) in [4.78, 5) is 10.8. The number of aryl methyl sites for hydroxylation is 1. The summed E-state index contributed by atoms with van der Waals surface area (Å²) in [5.74, 6) is -0.352. The highest BCUT2D eigenvalue weighted by Gasteiger charge is 2.09. The SMILES string of the molecule is Cc1nsc(NC(=O)CCl)c1Cl. The van der Waals surface area contributed by atoms with E-state index in [1.165, 1.54) is 0 Å². The van der Waals surface area contributed by atoms with E-state index in [1.54, 1.807) is 6.92 Å². The van der Waals surface area contributed by atoms with Crippen molar-refractivity contribution in [3.05, 3.63) is 10.7 Å². The predicted molar refractivity (Wildman–Crippen MR) is 51.2 cm³/mol. The Morgan fingerprint density at radius 1 is 1.75 bits per heavy atom. The smallest absolute Gasteiger partial charge is 0.239 e. The highest BCUT2D eigenvalue weighted by Crippen LogP contribution is 2.29. The maximum absolute atomic E-state index is 10.8. The van der Waals surface area contributed by atoms with Gasteiger partial charge >= 0.3 is 0 Å². The first kappa shape index (κ1) is 9.77. The molecule has 0 saturated carbocycles. The number of carbonyl (C=O) groups is 1. The number of hydrogen-bond donors (Lipinski definition) is 1. The van der Waals surface area contributed by atoms with Crippen LogP contribution in [0.25, 0.3) is 0 Å². The molecule has 3 nitrogen and oxygen atoms in total. The fourth-order valence-corrected chi connectivity index (χ4v) is 1.61. The fraction of sp³-hybridized carbons (Fsp3) is 0.333. The van der Waals surface area contributed by atoms with Crippen LogP contribution in [-0.2, 0) is 4.79 Å². The van der Waals surface area contributed by atoms with Crippen molar-refractivity contribution in [2.75, 3.05) is 11.2 Å². The van der Waals surface area contributed by atoms with Crippen LogP contribution in [0.1, 0.15) is 5.69 Å². The number of halogens is 2. The zero-order chi connectivity index (χ0) is 9.14.